The highest BCUT2D eigenvalue weighted by Gasteiger charge is 2.48. The van der Waals surface area contributed by atoms with Crippen molar-refractivity contribution in [3.05, 3.63) is 16.5 Å². The quantitative estimate of drug-likeness (QED) is 0.846. The van der Waals surface area contributed by atoms with Gasteiger partial charge >= 0.3 is 6.09 Å². The van der Waals surface area contributed by atoms with E-state index in [4.69, 9.17) is 16.2 Å². The fraction of sp³-hybridized carbons (Fsp3) is 0.600. The molecule has 134 valence electrons. The van der Waals surface area contributed by atoms with Crippen LogP contribution in [0, 0.1) is 0 Å². The molecule has 0 saturated carbocycles. The SMILES string of the molecule is CC(C)(C)OC(=O)N1CCC(c2cc(C(N)=O)c(N)s2)C(F)(F)C1. The van der Waals surface area contributed by atoms with E-state index in [1.54, 1.807) is 20.8 Å². The fourth-order valence-corrected chi connectivity index (χ4v) is 3.69. The number of thiophene rings is 1. The average Bonchev–Trinajstić information content (AvgIpc) is 2.77. The lowest BCUT2D eigenvalue weighted by molar-refractivity contribution is -0.0840. The lowest BCUT2D eigenvalue weighted by Crippen LogP contribution is -2.50. The van der Waals surface area contributed by atoms with Crippen LogP contribution in [0.4, 0.5) is 18.6 Å². The largest absolute Gasteiger partial charge is 0.444 e. The Morgan fingerprint density at radius 3 is 2.50 bits per heavy atom. The van der Waals surface area contributed by atoms with Gasteiger partial charge in [-0.3, -0.25) is 4.79 Å². The maximum absolute atomic E-state index is 14.5. The highest BCUT2D eigenvalue weighted by molar-refractivity contribution is 7.16. The van der Waals surface area contributed by atoms with Gasteiger partial charge in [-0.2, -0.15) is 0 Å². The summed E-state index contributed by atoms with van der Waals surface area (Å²) in [6.07, 6.45) is -0.714. The molecule has 1 unspecified atom stereocenters. The number of ether oxygens (including phenoxy) is 1. The number of rotatable bonds is 2. The Morgan fingerprint density at radius 1 is 1.42 bits per heavy atom. The lowest BCUT2D eigenvalue weighted by Gasteiger charge is -2.38. The molecule has 1 aliphatic heterocycles. The van der Waals surface area contributed by atoms with Crippen molar-refractivity contribution in [1.29, 1.82) is 0 Å². The maximum Gasteiger partial charge on any atom is 0.410 e. The highest BCUT2D eigenvalue weighted by atomic mass is 32.1. The predicted molar refractivity (Wildman–Crippen MR) is 87.4 cm³/mol. The van der Waals surface area contributed by atoms with Crippen LogP contribution in [0.1, 0.15) is 48.3 Å². The molecule has 9 heteroatoms. The van der Waals surface area contributed by atoms with Crippen molar-refractivity contribution in [3.63, 3.8) is 0 Å². The van der Waals surface area contributed by atoms with E-state index >= 15 is 0 Å². The number of nitrogens with zero attached hydrogens (tertiary/aromatic N) is 1. The average molecular weight is 361 g/mol. The molecule has 2 rings (SSSR count). The molecule has 0 aliphatic carbocycles. The molecule has 1 aromatic heterocycles. The van der Waals surface area contributed by atoms with E-state index in [9.17, 15) is 18.4 Å². The van der Waals surface area contributed by atoms with Crippen molar-refractivity contribution in [2.45, 2.75) is 44.6 Å². The number of carbonyl (C=O) groups is 2. The number of amides is 2. The molecule has 0 spiro atoms. The number of primary amides is 1. The van der Waals surface area contributed by atoms with Gasteiger partial charge in [-0.25, -0.2) is 13.6 Å². The zero-order chi connectivity index (χ0) is 18.3. The molecule has 24 heavy (non-hydrogen) atoms. The van der Waals surface area contributed by atoms with Gasteiger partial charge in [0.15, 0.2) is 0 Å². The van der Waals surface area contributed by atoms with Gasteiger partial charge in [-0.1, -0.05) is 0 Å². The van der Waals surface area contributed by atoms with Crippen molar-refractivity contribution < 1.29 is 23.1 Å². The van der Waals surface area contributed by atoms with E-state index in [2.05, 4.69) is 0 Å². The molecule has 1 aromatic rings. The third-order valence-electron chi connectivity index (χ3n) is 3.64. The number of alkyl halides is 2. The summed E-state index contributed by atoms with van der Waals surface area (Å²) in [4.78, 5) is 24.5. The minimum atomic E-state index is -3.15. The van der Waals surface area contributed by atoms with Crippen LogP contribution in [-0.4, -0.2) is 41.5 Å². The monoisotopic (exact) mass is 361 g/mol. The second kappa shape index (κ2) is 6.19. The van der Waals surface area contributed by atoms with E-state index in [1.807, 2.05) is 0 Å². The lowest BCUT2D eigenvalue weighted by atomic mass is 9.91. The zero-order valence-corrected chi connectivity index (χ0v) is 14.6. The molecular weight excluding hydrogens is 340 g/mol. The van der Waals surface area contributed by atoms with Gasteiger partial charge in [0.05, 0.1) is 23.0 Å². The summed E-state index contributed by atoms with van der Waals surface area (Å²) in [5.41, 5.74) is 10.2. The third kappa shape index (κ3) is 3.95. The minimum Gasteiger partial charge on any atom is -0.444 e. The fourth-order valence-electron chi connectivity index (χ4n) is 2.56. The van der Waals surface area contributed by atoms with Crippen LogP contribution in [0.15, 0.2) is 6.07 Å². The van der Waals surface area contributed by atoms with Crippen molar-refractivity contribution in [2.75, 3.05) is 18.8 Å². The minimum absolute atomic E-state index is 0.0460. The van der Waals surface area contributed by atoms with Crippen molar-refractivity contribution in [2.24, 2.45) is 5.73 Å². The Labute approximate surface area is 142 Å². The molecule has 2 heterocycles. The number of hydrogen-bond donors (Lipinski definition) is 2. The van der Waals surface area contributed by atoms with E-state index in [-0.39, 0.29) is 23.5 Å². The molecule has 0 radical (unpaired) electrons. The summed E-state index contributed by atoms with van der Waals surface area (Å²) in [6, 6.07) is 1.32. The van der Waals surface area contributed by atoms with Crippen molar-refractivity contribution in [1.82, 2.24) is 4.90 Å². The van der Waals surface area contributed by atoms with Gasteiger partial charge in [0, 0.05) is 11.4 Å². The van der Waals surface area contributed by atoms with Gasteiger partial charge in [0.2, 0.25) is 0 Å². The Hall–Kier alpha value is -1.90. The van der Waals surface area contributed by atoms with E-state index in [1.165, 1.54) is 6.07 Å². The number of nitrogens with two attached hydrogens (primary N) is 2. The Bertz CT molecular complexity index is 655. The summed E-state index contributed by atoms with van der Waals surface area (Å²) in [5.74, 6) is -5.01. The molecule has 6 nitrogen and oxygen atoms in total. The summed E-state index contributed by atoms with van der Waals surface area (Å²) < 4.78 is 34.2. The second-order valence-electron chi connectivity index (χ2n) is 6.80. The standard InChI is InChI=1S/C15H21F2N3O3S/c1-14(2,3)23-13(22)20-5-4-9(15(16,17)7-20)10-6-8(11(18)21)12(19)24-10/h6,9H,4-5,7,19H2,1-3H3,(H2,18,21). The summed E-state index contributed by atoms with van der Waals surface area (Å²) >= 11 is 0.933. The topological polar surface area (TPSA) is 98.6 Å². The van der Waals surface area contributed by atoms with E-state index in [0.29, 0.717) is 4.88 Å². The molecular formula is C15H21F2N3O3S. The van der Waals surface area contributed by atoms with Crippen LogP contribution in [-0.2, 0) is 4.74 Å². The van der Waals surface area contributed by atoms with Gasteiger partial charge in [0.1, 0.15) is 5.60 Å². The van der Waals surface area contributed by atoms with Gasteiger partial charge in [0.25, 0.3) is 11.8 Å². The number of anilines is 1. The number of carbonyl (C=O) groups excluding carboxylic acids is 2. The van der Waals surface area contributed by atoms with Crippen LogP contribution >= 0.6 is 11.3 Å². The first-order valence-electron chi connectivity index (χ1n) is 7.45. The van der Waals surface area contributed by atoms with Crippen LogP contribution in [0.2, 0.25) is 0 Å². The normalized spacial score (nSPS) is 20.7. The van der Waals surface area contributed by atoms with Crippen LogP contribution in [0.3, 0.4) is 0 Å². The first-order chi connectivity index (χ1) is 10.9. The summed E-state index contributed by atoms with van der Waals surface area (Å²) in [6.45, 7) is 4.43. The van der Waals surface area contributed by atoms with Gasteiger partial charge in [-0.15, -0.1) is 11.3 Å². The summed E-state index contributed by atoms with van der Waals surface area (Å²) in [7, 11) is 0. The Balaban J connectivity index is 2.16. The second-order valence-corrected chi connectivity index (χ2v) is 7.91. The molecule has 1 fully saturated rings. The molecule has 0 aromatic carbocycles. The molecule has 0 bridgehead atoms. The van der Waals surface area contributed by atoms with Crippen LogP contribution in [0.5, 0.6) is 0 Å². The molecule has 1 saturated heterocycles. The number of hydrogen-bond acceptors (Lipinski definition) is 5. The van der Waals surface area contributed by atoms with E-state index < -0.39 is 36.0 Å². The first kappa shape index (κ1) is 18.4. The van der Waals surface area contributed by atoms with Crippen LogP contribution in [0.25, 0.3) is 0 Å². The number of halogens is 2. The molecule has 4 N–H and O–H groups in total. The summed E-state index contributed by atoms with van der Waals surface area (Å²) in [5, 5.41) is 0.128. The maximum atomic E-state index is 14.5. The molecule has 1 aliphatic rings. The van der Waals surface area contributed by atoms with Crippen molar-refractivity contribution >= 4 is 28.3 Å². The molecule has 2 amide bonds. The Morgan fingerprint density at radius 2 is 2.04 bits per heavy atom. The smallest absolute Gasteiger partial charge is 0.410 e. The first-order valence-corrected chi connectivity index (χ1v) is 8.27. The number of nitrogen functional groups attached to an aromatic ring is 1. The molecule has 1 atom stereocenters. The highest BCUT2D eigenvalue weighted by Crippen LogP contribution is 2.44. The third-order valence-corrected chi connectivity index (χ3v) is 4.72. The van der Waals surface area contributed by atoms with Gasteiger partial charge < -0.3 is 21.1 Å². The Kier molecular flexibility index (Phi) is 4.76. The van der Waals surface area contributed by atoms with Gasteiger partial charge in [-0.05, 0) is 33.3 Å². The van der Waals surface area contributed by atoms with E-state index in [0.717, 1.165) is 16.2 Å². The zero-order valence-electron chi connectivity index (χ0n) is 13.8. The predicted octanol–water partition coefficient (Wildman–Crippen LogP) is 2.79. The number of likely N-dealkylation sites (tertiary alicyclic amines) is 1. The number of piperidine rings is 1. The van der Waals surface area contributed by atoms with Crippen molar-refractivity contribution in [3.8, 4) is 0 Å². The van der Waals surface area contributed by atoms with Crippen LogP contribution < -0.4 is 11.5 Å².